The SMILES string of the molecule is COc1ccc(N(N)C(=O)N2CCN(CC3C(c4ccc(Cl)cc4)NC4C=CC(c5ccccc5)=CN43)CC2)cc1. The summed E-state index contributed by atoms with van der Waals surface area (Å²) < 4.78 is 5.21. The summed E-state index contributed by atoms with van der Waals surface area (Å²) in [5.41, 5.74) is 4.24. The molecule has 212 valence electrons. The first kappa shape index (κ1) is 27.4. The third kappa shape index (κ3) is 5.83. The average Bonchev–Trinajstić information content (AvgIpc) is 3.38. The van der Waals surface area contributed by atoms with Crippen molar-refractivity contribution in [1.82, 2.24) is 20.0 Å². The van der Waals surface area contributed by atoms with Crippen molar-refractivity contribution in [3.05, 3.63) is 113 Å². The van der Waals surface area contributed by atoms with E-state index in [-0.39, 0.29) is 24.3 Å². The summed E-state index contributed by atoms with van der Waals surface area (Å²) in [5.74, 6) is 6.93. The maximum absolute atomic E-state index is 13.2. The van der Waals surface area contributed by atoms with E-state index in [0.717, 1.165) is 30.4 Å². The summed E-state index contributed by atoms with van der Waals surface area (Å²) in [5, 5.41) is 5.79. The van der Waals surface area contributed by atoms with E-state index in [9.17, 15) is 4.79 Å². The summed E-state index contributed by atoms with van der Waals surface area (Å²) in [6, 6.07) is 25.9. The second-order valence-electron chi connectivity index (χ2n) is 10.6. The normalized spacial score (nSPS) is 22.3. The largest absolute Gasteiger partial charge is 0.497 e. The number of allylic oxidation sites excluding steroid dienone is 2. The molecule has 6 rings (SSSR count). The van der Waals surface area contributed by atoms with Gasteiger partial charge >= 0.3 is 6.03 Å². The molecular formula is C32H35ClN6O2. The number of hydrogen-bond acceptors (Lipinski definition) is 6. The molecule has 3 aromatic carbocycles. The van der Waals surface area contributed by atoms with Gasteiger partial charge in [0.2, 0.25) is 0 Å². The van der Waals surface area contributed by atoms with E-state index in [1.165, 1.54) is 21.7 Å². The highest BCUT2D eigenvalue weighted by Gasteiger charge is 2.41. The fourth-order valence-electron chi connectivity index (χ4n) is 5.87. The molecule has 2 saturated heterocycles. The number of ether oxygens (including phenoxy) is 1. The highest BCUT2D eigenvalue weighted by molar-refractivity contribution is 6.30. The Kier molecular flexibility index (Phi) is 7.98. The molecule has 3 aliphatic heterocycles. The number of amides is 2. The molecule has 3 aromatic rings. The monoisotopic (exact) mass is 570 g/mol. The summed E-state index contributed by atoms with van der Waals surface area (Å²) in [6.45, 7) is 3.63. The van der Waals surface area contributed by atoms with Crippen LogP contribution in [0.5, 0.6) is 5.75 Å². The van der Waals surface area contributed by atoms with Crippen LogP contribution in [0.3, 0.4) is 0 Å². The number of methoxy groups -OCH3 is 1. The smallest absolute Gasteiger partial charge is 0.338 e. The molecular weight excluding hydrogens is 536 g/mol. The van der Waals surface area contributed by atoms with Gasteiger partial charge in [-0.25, -0.2) is 15.6 Å². The molecule has 2 amide bonds. The van der Waals surface area contributed by atoms with Crippen molar-refractivity contribution in [3.63, 3.8) is 0 Å². The number of rotatable bonds is 6. The van der Waals surface area contributed by atoms with E-state index in [4.69, 9.17) is 22.2 Å². The average molecular weight is 571 g/mol. The summed E-state index contributed by atoms with van der Waals surface area (Å²) in [6.07, 6.45) is 6.84. The number of anilines is 1. The number of carbonyl (C=O) groups is 1. The first-order valence-corrected chi connectivity index (χ1v) is 14.3. The fraction of sp³-hybridized carbons (Fsp3) is 0.281. The van der Waals surface area contributed by atoms with Gasteiger partial charge < -0.3 is 14.5 Å². The molecule has 0 radical (unpaired) electrons. The van der Waals surface area contributed by atoms with Crippen molar-refractivity contribution >= 4 is 28.9 Å². The van der Waals surface area contributed by atoms with E-state index in [0.29, 0.717) is 18.8 Å². The highest BCUT2D eigenvalue weighted by atomic mass is 35.5. The van der Waals surface area contributed by atoms with Gasteiger partial charge in [0.1, 0.15) is 5.75 Å². The number of fused-ring (bicyclic) bond motifs is 1. The van der Waals surface area contributed by atoms with Gasteiger partial charge in [-0.3, -0.25) is 10.2 Å². The topological polar surface area (TPSA) is 77.3 Å². The first-order chi connectivity index (χ1) is 20.0. The molecule has 0 aliphatic carbocycles. The van der Waals surface area contributed by atoms with Crippen LogP contribution in [0.4, 0.5) is 10.5 Å². The van der Waals surface area contributed by atoms with Crippen LogP contribution >= 0.6 is 11.6 Å². The molecule has 0 saturated carbocycles. The number of nitrogens with zero attached hydrogens (tertiary/aromatic N) is 4. The third-order valence-electron chi connectivity index (χ3n) is 8.17. The van der Waals surface area contributed by atoms with E-state index >= 15 is 0 Å². The molecule has 0 bridgehead atoms. The third-order valence-corrected chi connectivity index (χ3v) is 8.42. The number of hydrazine groups is 1. The molecule has 0 spiro atoms. The number of halogens is 1. The Balaban J connectivity index is 1.16. The van der Waals surface area contributed by atoms with Crippen LogP contribution in [0.2, 0.25) is 5.02 Å². The van der Waals surface area contributed by atoms with Crippen molar-refractivity contribution in [1.29, 1.82) is 0 Å². The summed E-state index contributed by atoms with van der Waals surface area (Å²) in [4.78, 5) is 19.9. The highest BCUT2D eigenvalue weighted by Crippen LogP contribution is 2.35. The van der Waals surface area contributed by atoms with Gasteiger partial charge in [-0.2, -0.15) is 0 Å². The van der Waals surface area contributed by atoms with E-state index in [1.807, 2.05) is 23.1 Å². The van der Waals surface area contributed by atoms with Crippen molar-refractivity contribution in [2.75, 3.05) is 44.8 Å². The van der Waals surface area contributed by atoms with Crippen LogP contribution in [0.15, 0.2) is 97.2 Å². The summed E-state index contributed by atoms with van der Waals surface area (Å²) in [7, 11) is 1.61. The Bertz CT molecular complexity index is 1400. The number of hydrogen-bond donors (Lipinski definition) is 2. The van der Waals surface area contributed by atoms with Gasteiger partial charge in [0.25, 0.3) is 0 Å². The molecule has 3 aliphatic rings. The minimum atomic E-state index is -0.201. The Hall–Kier alpha value is -3.82. The van der Waals surface area contributed by atoms with Crippen LogP contribution in [0.1, 0.15) is 17.2 Å². The maximum Gasteiger partial charge on any atom is 0.338 e. The first-order valence-electron chi connectivity index (χ1n) is 13.9. The van der Waals surface area contributed by atoms with Crippen LogP contribution in [-0.4, -0.2) is 72.8 Å². The van der Waals surface area contributed by atoms with Crippen LogP contribution in [0.25, 0.3) is 5.57 Å². The van der Waals surface area contributed by atoms with Crippen molar-refractivity contribution in [2.24, 2.45) is 5.84 Å². The van der Waals surface area contributed by atoms with E-state index in [1.54, 1.807) is 31.4 Å². The quantitative estimate of drug-likeness (QED) is 0.254. The predicted molar refractivity (Wildman–Crippen MR) is 163 cm³/mol. The summed E-state index contributed by atoms with van der Waals surface area (Å²) >= 11 is 6.22. The molecule has 9 heteroatoms. The van der Waals surface area contributed by atoms with Crippen molar-refractivity contribution in [2.45, 2.75) is 18.2 Å². The van der Waals surface area contributed by atoms with Gasteiger partial charge in [0.15, 0.2) is 0 Å². The molecule has 3 atom stereocenters. The number of urea groups is 1. The minimum absolute atomic E-state index is 0.103. The Morgan fingerprint density at radius 3 is 2.39 bits per heavy atom. The Morgan fingerprint density at radius 1 is 1.00 bits per heavy atom. The lowest BCUT2D eigenvalue weighted by Crippen LogP contribution is -2.56. The molecule has 8 nitrogen and oxygen atoms in total. The lowest BCUT2D eigenvalue weighted by molar-refractivity contribution is 0.120. The van der Waals surface area contributed by atoms with Crippen molar-refractivity contribution in [3.8, 4) is 5.75 Å². The number of nitrogens with one attached hydrogen (secondary N) is 1. The zero-order valence-electron chi connectivity index (χ0n) is 23.1. The molecule has 3 heterocycles. The maximum atomic E-state index is 13.2. The lowest BCUT2D eigenvalue weighted by atomic mass is 9.98. The second-order valence-corrected chi connectivity index (χ2v) is 11.0. The van der Waals surface area contributed by atoms with Gasteiger partial charge in [-0.05, 0) is 59.2 Å². The number of carbonyl (C=O) groups excluding carboxylic acids is 1. The van der Waals surface area contributed by atoms with Gasteiger partial charge in [-0.1, -0.05) is 60.1 Å². The molecule has 3 unspecified atom stereocenters. The fourth-order valence-corrected chi connectivity index (χ4v) is 6.00. The van der Waals surface area contributed by atoms with Gasteiger partial charge in [0.05, 0.1) is 31.0 Å². The van der Waals surface area contributed by atoms with Crippen molar-refractivity contribution < 1.29 is 9.53 Å². The molecule has 2 fully saturated rings. The predicted octanol–water partition coefficient (Wildman–Crippen LogP) is 4.72. The molecule has 0 aromatic heterocycles. The second kappa shape index (κ2) is 12.0. The lowest BCUT2D eigenvalue weighted by Gasteiger charge is -2.40. The van der Waals surface area contributed by atoms with Gasteiger partial charge in [-0.15, -0.1) is 0 Å². The van der Waals surface area contributed by atoms with E-state index < -0.39 is 0 Å². The number of benzene rings is 3. The van der Waals surface area contributed by atoms with Crippen LogP contribution in [0, 0.1) is 0 Å². The van der Waals surface area contributed by atoms with Crippen LogP contribution in [-0.2, 0) is 0 Å². The molecule has 3 N–H and O–H groups in total. The number of piperazine rings is 1. The minimum Gasteiger partial charge on any atom is -0.497 e. The Morgan fingerprint density at radius 2 is 1.71 bits per heavy atom. The van der Waals surface area contributed by atoms with Crippen LogP contribution < -0.4 is 20.9 Å². The Labute approximate surface area is 246 Å². The standard InChI is InChI=1S/C32H35ClN6O2/c1-41-28-14-12-27(13-15-28)39(34)32(40)37-19-17-36(18-20-37)22-29-31(24-7-10-26(33)11-8-24)35-30-16-9-25(21-38(29)30)23-5-3-2-4-6-23/h2-16,21,29-31,35H,17-20,22,34H2,1H3. The zero-order valence-corrected chi connectivity index (χ0v) is 23.8. The van der Waals surface area contributed by atoms with E-state index in [2.05, 4.69) is 69.9 Å². The molecule has 41 heavy (non-hydrogen) atoms. The number of nitrogens with two attached hydrogens (primary N) is 1. The zero-order chi connectivity index (χ0) is 28.3. The van der Waals surface area contributed by atoms with Gasteiger partial charge in [0, 0.05) is 43.9 Å².